The van der Waals surface area contributed by atoms with E-state index in [-0.39, 0.29) is 12.1 Å². The summed E-state index contributed by atoms with van der Waals surface area (Å²) in [5.74, 6) is -0.0670. The second kappa shape index (κ2) is 9.65. The molecule has 1 unspecified atom stereocenters. The molecule has 0 aromatic heterocycles. The summed E-state index contributed by atoms with van der Waals surface area (Å²) < 4.78 is 12.0. The molecule has 0 saturated carbocycles. The van der Waals surface area contributed by atoms with Crippen LogP contribution in [0.15, 0.2) is 70.9 Å². The van der Waals surface area contributed by atoms with E-state index in [4.69, 9.17) is 9.47 Å². The summed E-state index contributed by atoms with van der Waals surface area (Å²) in [4.78, 5) is 13.0. The fourth-order valence-electron chi connectivity index (χ4n) is 2.78. The quantitative estimate of drug-likeness (QED) is 0.363. The highest BCUT2D eigenvalue weighted by molar-refractivity contribution is 9.11. The van der Waals surface area contributed by atoms with Crippen LogP contribution in [0, 0.1) is 0 Å². The molecule has 0 radical (unpaired) electrons. The molecule has 1 fully saturated rings. The topological polar surface area (TPSA) is 35.5 Å². The monoisotopic (exact) mass is 412 g/mol. The van der Waals surface area contributed by atoms with Gasteiger partial charge in [0.25, 0.3) is 0 Å². The summed E-state index contributed by atoms with van der Waals surface area (Å²) in [5.41, 5.74) is 5.16. The van der Waals surface area contributed by atoms with Crippen molar-refractivity contribution in [2.75, 3.05) is 13.2 Å². The summed E-state index contributed by atoms with van der Waals surface area (Å²) in [7, 11) is 0. The number of halogens is 1. The van der Waals surface area contributed by atoms with Crippen LogP contribution in [0.25, 0.3) is 5.57 Å². The number of carbonyl (C=O) groups excluding carboxylic acids is 1. The number of hydrogen-bond donors (Lipinski definition) is 0. The summed E-state index contributed by atoms with van der Waals surface area (Å²) >= 11 is 3.50. The fourth-order valence-corrected chi connectivity index (χ4v) is 3.11. The Bertz CT molecular complexity index is 787. The molecule has 0 amide bonds. The van der Waals surface area contributed by atoms with Crippen LogP contribution in [0.1, 0.15) is 35.2 Å². The highest BCUT2D eigenvalue weighted by Gasteiger charge is 2.16. The minimum atomic E-state index is -0.178. The van der Waals surface area contributed by atoms with Gasteiger partial charge in [0, 0.05) is 12.2 Å². The maximum absolute atomic E-state index is 13.0. The van der Waals surface area contributed by atoms with Gasteiger partial charge in [-0.05, 0) is 40.8 Å². The normalized spacial score (nSPS) is 16.6. The van der Waals surface area contributed by atoms with E-state index in [1.807, 2.05) is 60.7 Å². The van der Waals surface area contributed by atoms with Gasteiger partial charge < -0.3 is 9.47 Å². The number of carbonyl (C=O) groups is 1. The van der Waals surface area contributed by atoms with Crippen molar-refractivity contribution >= 4 is 27.3 Å². The van der Waals surface area contributed by atoms with E-state index < -0.39 is 0 Å². The number of hydrogen-bond acceptors (Lipinski definition) is 3. The molecule has 0 spiro atoms. The summed E-state index contributed by atoms with van der Waals surface area (Å²) in [6.45, 7) is 1.06. The Labute approximate surface area is 162 Å². The van der Waals surface area contributed by atoms with Crippen LogP contribution in [0.5, 0.6) is 0 Å². The van der Waals surface area contributed by atoms with E-state index in [2.05, 4.69) is 21.7 Å². The van der Waals surface area contributed by atoms with E-state index in [0.717, 1.165) is 31.4 Å². The summed E-state index contributed by atoms with van der Waals surface area (Å²) in [5, 5.41) is 0. The van der Waals surface area contributed by atoms with Crippen molar-refractivity contribution in [1.82, 2.24) is 0 Å². The molecular weight excluding hydrogens is 392 g/mol. The predicted octanol–water partition coefficient (Wildman–Crippen LogP) is 5.37. The van der Waals surface area contributed by atoms with Crippen molar-refractivity contribution < 1.29 is 14.3 Å². The van der Waals surface area contributed by atoms with Crippen LogP contribution >= 0.6 is 15.9 Å². The van der Waals surface area contributed by atoms with Gasteiger partial charge in [0.1, 0.15) is 0 Å². The largest absolute Gasteiger partial charge is 0.353 e. The molecular formula is C22H21BrO3. The third-order valence-electron chi connectivity index (χ3n) is 4.12. The molecule has 2 aromatic rings. The first-order chi connectivity index (χ1) is 12.7. The van der Waals surface area contributed by atoms with Crippen LogP contribution in [-0.4, -0.2) is 25.3 Å². The van der Waals surface area contributed by atoms with Gasteiger partial charge in [0.05, 0.1) is 16.7 Å². The number of ketones is 1. The number of ether oxygens (including phenoxy) is 2. The van der Waals surface area contributed by atoms with Gasteiger partial charge in [0.2, 0.25) is 5.78 Å². The van der Waals surface area contributed by atoms with Crippen molar-refractivity contribution in [2.45, 2.75) is 25.6 Å². The van der Waals surface area contributed by atoms with Crippen LogP contribution < -0.4 is 0 Å². The summed E-state index contributed by atoms with van der Waals surface area (Å²) in [6, 6.07) is 18.8. The van der Waals surface area contributed by atoms with Crippen molar-refractivity contribution in [3.8, 4) is 0 Å². The lowest BCUT2D eigenvalue weighted by Crippen LogP contribution is -2.22. The molecule has 0 aliphatic carbocycles. The lowest BCUT2D eigenvalue weighted by atomic mass is 9.97. The lowest BCUT2D eigenvalue weighted by molar-refractivity contribution is -0.155. The van der Waals surface area contributed by atoms with Crippen LogP contribution in [-0.2, 0) is 9.47 Å². The lowest BCUT2D eigenvalue weighted by Gasteiger charge is -2.22. The van der Waals surface area contributed by atoms with Gasteiger partial charge in [-0.2, -0.15) is 0 Å². The van der Waals surface area contributed by atoms with Gasteiger partial charge in [-0.1, -0.05) is 66.4 Å². The van der Waals surface area contributed by atoms with E-state index >= 15 is 0 Å². The van der Waals surface area contributed by atoms with Crippen molar-refractivity contribution in [1.29, 1.82) is 0 Å². The Hall–Kier alpha value is -1.97. The molecule has 1 saturated heterocycles. The molecule has 1 aliphatic rings. The fraction of sp³-hybridized carbons (Fsp3) is 0.273. The Morgan fingerprint density at radius 2 is 1.69 bits per heavy atom. The SMILES string of the molecule is O=C(C(=C=C(Br)COC1CCCCO1)c1ccccc1)c1ccccc1. The molecule has 134 valence electrons. The van der Waals surface area contributed by atoms with Crippen LogP contribution in [0.3, 0.4) is 0 Å². The average molecular weight is 413 g/mol. The maximum Gasteiger partial charge on any atom is 0.201 e. The molecule has 26 heavy (non-hydrogen) atoms. The molecule has 4 heteroatoms. The van der Waals surface area contributed by atoms with Crippen molar-refractivity contribution in [3.63, 3.8) is 0 Å². The van der Waals surface area contributed by atoms with Gasteiger partial charge in [0.15, 0.2) is 6.29 Å². The molecule has 1 heterocycles. The average Bonchev–Trinajstić information content (AvgIpc) is 2.72. The second-order valence-corrected chi connectivity index (χ2v) is 7.03. The number of Topliss-reactive ketones (excluding diaryl/α,β-unsaturated/α-hetero) is 1. The molecule has 1 aliphatic heterocycles. The summed E-state index contributed by atoms with van der Waals surface area (Å²) in [6.07, 6.45) is 2.92. The van der Waals surface area contributed by atoms with Crippen molar-refractivity contribution in [2.24, 2.45) is 0 Å². The Morgan fingerprint density at radius 3 is 2.31 bits per heavy atom. The molecule has 0 N–H and O–H groups in total. The zero-order chi connectivity index (χ0) is 18.2. The highest BCUT2D eigenvalue weighted by Crippen LogP contribution is 2.21. The Kier molecular flexibility index (Phi) is 6.98. The minimum Gasteiger partial charge on any atom is -0.353 e. The Balaban J connectivity index is 1.86. The van der Waals surface area contributed by atoms with Crippen molar-refractivity contribution in [3.05, 3.63) is 82.0 Å². The van der Waals surface area contributed by atoms with Crippen LogP contribution in [0.4, 0.5) is 0 Å². The van der Waals surface area contributed by atoms with Crippen LogP contribution in [0.2, 0.25) is 0 Å². The van der Waals surface area contributed by atoms with Gasteiger partial charge >= 0.3 is 0 Å². The molecule has 0 bridgehead atoms. The van der Waals surface area contributed by atoms with E-state index in [0.29, 0.717) is 22.2 Å². The number of rotatable bonds is 6. The molecule has 1 atom stereocenters. The predicted molar refractivity (Wildman–Crippen MR) is 106 cm³/mol. The van der Waals surface area contributed by atoms with E-state index in [9.17, 15) is 4.79 Å². The van der Waals surface area contributed by atoms with Gasteiger partial charge in [-0.15, -0.1) is 0 Å². The Morgan fingerprint density at radius 1 is 1.04 bits per heavy atom. The molecule has 3 rings (SSSR count). The second-order valence-electron chi connectivity index (χ2n) is 6.07. The first kappa shape index (κ1) is 18.8. The smallest absolute Gasteiger partial charge is 0.201 e. The molecule has 3 nitrogen and oxygen atoms in total. The first-order valence-electron chi connectivity index (χ1n) is 8.78. The standard InChI is InChI=1S/C22H21BrO3/c23-19(16-26-21-13-7-8-14-25-21)15-20(17-9-3-1-4-10-17)22(24)18-11-5-2-6-12-18/h1-6,9-12,21H,7-8,13-14,16H2. The van der Waals surface area contributed by atoms with Gasteiger partial charge in [-0.3, -0.25) is 4.79 Å². The minimum absolute atomic E-state index is 0.0670. The third kappa shape index (κ3) is 5.26. The zero-order valence-electron chi connectivity index (χ0n) is 14.5. The molecule has 2 aromatic carbocycles. The first-order valence-corrected chi connectivity index (χ1v) is 9.57. The zero-order valence-corrected chi connectivity index (χ0v) is 16.1. The van der Waals surface area contributed by atoms with Gasteiger partial charge in [-0.25, -0.2) is 0 Å². The highest BCUT2D eigenvalue weighted by atomic mass is 79.9. The third-order valence-corrected chi connectivity index (χ3v) is 4.55. The maximum atomic E-state index is 13.0. The number of benzene rings is 2. The van der Waals surface area contributed by atoms with E-state index in [1.54, 1.807) is 0 Å². The van der Waals surface area contributed by atoms with E-state index in [1.165, 1.54) is 0 Å².